The molecule has 2 N–H and O–H groups in total. The Morgan fingerprint density at radius 1 is 1.09 bits per heavy atom. The molecular weight excluding hydrogens is 461 g/mol. The first-order valence-corrected chi connectivity index (χ1v) is 10.2. The number of primary amides is 1. The maximum Gasteiger partial charge on any atom is 0.419 e. The molecule has 0 radical (unpaired) electrons. The van der Waals surface area contributed by atoms with Crippen LogP contribution in [0.15, 0.2) is 36.7 Å². The van der Waals surface area contributed by atoms with Crippen molar-refractivity contribution in [2.75, 3.05) is 6.61 Å². The van der Waals surface area contributed by atoms with Crippen molar-refractivity contribution in [1.29, 1.82) is 0 Å². The van der Waals surface area contributed by atoms with Gasteiger partial charge in [-0.25, -0.2) is 23.5 Å². The Morgan fingerprint density at radius 3 is 2.38 bits per heavy atom. The van der Waals surface area contributed by atoms with Crippen molar-refractivity contribution in [3.8, 4) is 17.0 Å². The Hall–Kier alpha value is -3.50. The van der Waals surface area contributed by atoms with E-state index in [2.05, 4.69) is 9.97 Å². The quantitative estimate of drug-likeness (QED) is 0.425. The number of carbonyl (C=O) groups is 1. The molecule has 0 aliphatic rings. The number of ether oxygens (including phenoxy) is 2. The van der Waals surface area contributed by atoms with Gasteiger partial charge in [-0.05, 0) is 43.5 Å². The number of benzene rings is 2. The van der Waals surface area contributed by atoms with E-state index in [1.54, 1.807) is 0 Å². The molecule has 2 aromatic carbocycles. The summed E-state index contributed by atoms with van der Waals surface area (Å²) in [4.78, 5) is 19.1. The number of halogens is 5. The van der Waals surface area contributed by atoms with Crippen LogP contribution in [0.4, 0.5) is 26.7 Å². The molecule has 0 saturated heterocycles. The van der Waals surface area contributed by atoms with Gasteiger partial charge in [0.15, 0.2) is 11.6 Å². The standard InChI is InChI=1S/C23H22F5N3O3/c1-12(2)9-22(3,34-21(29)32)10-33-19-5-4-13(6-15(19)23(26,27)28)20-14-7-16(24)17(25)8-18(14)30-11-31-20/h4-8,11-12H,9-10H2,1-3H3,(H2,29,32). The molecule has 0 fully saturated rings. The van der Waals surface area contributed by atoms with E-state index in [-0.39, 0.29) is 34.7 Å². The fraction of sp³-hybridized carbons (Fsp3) is 0.348. The molecule has 182 valence electrons. The Labute approximate surface area is 191 Å². The molecule has 34 heavy (non-hydrogen) atoms. The van der Waals surface area contributed by atoms with E-state index in [0.29, 0.717) is 6.42 Å². The lowest BCUT2D eigenvalue weighted by Crippen LogP contribution is -2.41. The fourth-order valence-corrected chi connectivity index (χ4v) is 3.77. The van der Waals surface area contributed by atoms with Crippen LogP contribution in [0.25, 0.3) is 22.2 Å². The summed E-state index contributed by atoms with van der Waals surface area (Å²) in [7, 11) is 0. The molecule has 1 unspecified atom stereocenters. The molecule has 0 spiro atoms. The van der Waals surface area contributed by atoms with Gasteiger partial charge in [-0.15, -0.1) is 0 Å². The third-order valence-electron chi connectivity index (χ3n) is 4.96. The van der Waals surface area contributed by atoms with Crippen LogP contribution in [-0.4, -0.2) is 28.3 Å². The molecule has 0 aliphatic carbocycles. The maximum absolute atomic E-state index is 13.9. The van der Waals surface area contributed by atoms with Crippen LogP contribution < -0.4 is 10.5 Å². The van der Waals surface area contributed by atoms with Crippen LogP contribution in [0.3, 0.4) is 0 Å². The lowest BCUT2D eigenvalue weighted by atomic mass is 9.95. The number of fused-ring (bicyclic) bond motifs is 1. The normalized spacial score (nSPS) is 13.7. The number of aromatic nitrogens is 2. The van der Waals surface area contributed by atoms with Gasteiger partial charge in [-0.3, -0.25) is 0 Å². The van der Waals surface area contributed by atoms with Gasteiger partial charge in [-0.2, -0.15) is 13.2 Å². The Morgan fingerprint density at radius 2 is 1.76 bits per heavy atom. The minimum absolute atomic E-state index is 0.00332. The van der Waals surface area contributed by atoms with E-state index in [4.69, 9.17) is 15.2 Å². The molecule has 0 saturated carbocycles. The van der Waals surface area contributed by atoms with E-state index < -0.39 is 40.8 Å². The van der Waals surface area contributed by atoms with Crippen LogP contribution >= 0.6 is 0 Å². The van der Waals surface area contributed by atoms with Crippen molar-refractivity contribution in [1.82, 2.24) is 9.97 Å². The molecule has 1 heterocycles. The second-order valence-electron chi connectivity index (χ2n) is 8.47. The van der Waals surface area contributed by atoms with E-state index in [1.807, 2.05) is 13.8 Å². The molecule has 1 aromatic heterocycles. The molecule has 1 amide bonds. The Balaban J connectivity index is 2.02. The summed E-state index contributed by atoms with van der Waals surface area (Å²) < 4.78 is 79.6. The lowest BCUT2D eigenvalue weighted by Gasteiger charge is -2.30. The lowest BCUT2D eigenvalue weighted by molar-refractivity contribution is -0.139. The zero-order valence-electron chi connectivity index (χ0n) is 18.5. The Kier molecular flexibility index (Phi) is 6.94. The average molecular weight is 483 g/mol. The maximum atomic E-state index is 13.9. The first-order chi connectivity index (χ1) is 15.8. The zero-order valence-corrected chi connectivity index (χ0v) is 18.5. The summed E-state index contributed by atoms with van der Waals surface area (Å²) in [5.41, 5.74) is 2.75. The average Bonchev–Trinajstić information content (AvgIpc) is 2.71. The summed E-state index contributed by atoms with van der Waals surface area (Å²) in [6, 6.07) is 4.87. The molecular formula is C23H22F5N3O3. The minimum Gasteiger partial charge on any atom is -0.489 e. The summed E-state index contributed by atoms with van der Waals surface area (Å²) in [5, 5.41) is 0.0440. The first kappa shape index (κ1) is 25.1. The number of nitrogens with two attached hydrogens (primary N) is 1. The van der Waals surface area contributed by atoms with Gasteiger partial charge in [0.2, 0.25) is 0 Å². The highest BCUT2D eigenvalue weighted by atomic mass is 19.4. The van der Waals surface area contributed by atoms with E-state index >= 15 is 0 Å². The number of rotatable bonds is 7. The van der Waals surface area contributed by atoms with Crippen molar-refractivity contribution in [2.45, 2.75) is 39.0 Å². The van der Waals surface area contributed by atoms with Gasteiger partial charge in [-0.1, -0.05) is 13.8 Å². The molecule has 0 aliphatic heterocycles. The first-order valence-electron chi connectivity index (χ1n) is 10.2. The van der Waals surface area contributed by atoms with Crippen LogP contribution in [-0.2, 0) is 10.9 Å². The number of alkyl halides is 3. The van der Waals surface area contributed by atoms with Crippen molar-refractivity contribution in [3.63, 3.8) is 0 Å². The molecule has 1 atom stereocenters. The van der Waals surface area contributed by atoms with Crippen LogP contribution in [0.1, 0.15) is 32.8 Å². The Bertz CT molecular complexity index is 1220. The topological polar surface area (TPSA) is 87.3 Å². The summed E-state index contributed by atoms with van der Waals surface area (Å²) in [6.07, 6.45) is -4.54. The molecule has 11 heteroatoms. The van der Waals surface area contributed by atoms with Crippen molar-refractivity contribution in [2.24, 2.45) is 11.7 Å². The largest absolute Gasteiger partial charge is 0.489 e. The van der Waals surface area contributed by atoms with Gasteiger partial charge in [0.25, 0.3) is 0 Å². The van der Waals surface area contributed by atoms with Crippen LogP contribution in [0, 0.1) is 17.6 Å². The number of amides is 1. The van der Waals surface area contributed by atoms with Gasteiger partial charge in [0.05, 0.1) is 16.8 Å². The predicted octanol–water partition coefficient (Wildman–Crippen LogP) is 5.87. The minimum atomic E-state index is -4.81. The van der Waals surface area contributed by atoms with Crippen molar-refractivity contribution in [3.05, 3.63) is 53.9 Å². The summed E-state index contributed by atoms with van der Waals surface area (Å²) >= 11 is 0. The van der Waals surface area contributed by atoms with Crippen LogP contribution in [0.2, 0.25) is 0 Å². The SMILES string of the molecule is CC(C)CC(C)(COc1ccc(-c2ncnc3cc(F)c(F)cc23)cc1C(F)(F)F)OC(N)=O. The smallest absolute Gasteiger partial charge is 0.419 e. The van der Waals surface area contributed by atoms with Gasteiger partial charge >= 0.3 is 12.3 Å². The predicted molar refractivity (Wildman–Crippen MR) is 114 cm³/mol. The monoisotopic (exact) mass is 483 g/mol. The molecule has 0 bridgehead atoms. The molecule has 6 nitrogen and oxygen atoms in total. The highest BCUT2D eigenvalue weighted by molar-refractivity contribution is 5.92. The highest BCUT2D eigenvalue weighted by Gasteiger charge is 2.37. The van der Waals surface area contributed by atoms with Crippen LogP contribution in [0.5, 0.6) is 5.75 Å². The third-order valence-corrected chi connectivity index (χ3v) is 4.96. The third kappa shape index (κ3) is 5.70. The van der Waals surface area contributed by atoms with Crippen molar-refractivity contribution < 1.29 is 36.2 Å². The number of hydrogen-bond acceptors (Lipinski definition) is 5. The second kappa shape index (κ2) is 9.40. The fourth-order valence-electron chi connectivity index (χ4n) is 3.77. The van der Waals surface area contributed by atoms with Crippen molar-refractivity contribution >= 4 is 17.0 Å². The summed E-state index contributed by atoms with van der Waals surface area (Å²) in [5.74, 6) is -2.79. The van der Waals surface area contributed by atoms with E-state index in [0.717, 1.165) is 30.6 Å². The van der Waals surface area contributed by atoms with E-state index in [1.165, 1.54) is 13.0 Å². The van der Waals surface area contributed by atoms with Gasteiger partial charge in [0, 0.05) is 17.0 Å². The highest BCUT2D eigenvalue weighted by Crippen LogP contribution is 2.40. The summed E-state index contributed by atoms with van der Waals surface area (Å²) in [6.45, 7) is 4.83. The van der Waals surface area contributed by atoms with Gasteiger partial charge in [0.1, 0.15) is 24.3 Å². The molecule has 3 rings (SSSR count). The van der Waals surface area contributed by atoms with E-state index in [9.17, 15) is 26.7 Å². The van der Waals surface area contributed by atoms with Gasteiger partial charge < -0.3 is 15.2 Å². The number of nitrogens with zero attached hydrogens (tertiary/aromatic N) is 2. The zero-order chi connectivity index (χ0) is 25.3. The number of hydrogen-bond donors (Lipinski definition) is 1. The number of carbonyl (C=O) groups excluding carboxylic acids is 1. The second-order valence-corrected chi connectivity index (χ2v) is 8.47. The molecule has 3 aromatic rings.